The Hall–Kier alpha value is -4.25. The zero-order valence-corrected chi connectivity index (χ0v) is 16.8. The van der Waals surface area contributed by atoms with E-state index in [1.165, 1.54) is 0 Å². The molecule has 1 aliphatic heterocycles. The van der Waals surface area contributed by atoms with Crippen LogP contribution in [0.2, 0.25) is 0 Å². The third-order valence-electron chi connectivity index (χ3n) is 5.51. The Kier molecular flexibility index (Phi) is 4.10. The van der Waals surface area contributed by atoms with Crippen LogP contribution in [0.3, 0.4) is 0 Å². The van der Waals surface area contributed by atoms with E-state index in [2.05, 4.69) is 63.3 Å². The van der Waals surface area contributed by atoms with Gasteiger partial charge in [-0.25, -0.2) is 0 Å². The smallest absolute Gasteiger partial charge is 0.307 e. The molecule has 0 saturated heterocycles. The summed E-state index contributed by atoms with van der Waals surface area (Å²) in [6.45, 7) is 0.700. The maximum Gasteiger partial charge on any atom is 0.307 e. The average Bonchev–Trinajstić information content (AvgIpc) is 3.41. The number of aromatic nitrogens is 2. The highest BCUT2D eigenvalue weighted by molar-refractivity contribution is 5.96. The largest absolute Gasteiger partial charge is 0.425 e. The number of nitrogens with zero attached hydrogens (tertiary/aromatic N) is 3. The molecule has 1 aliphatic rings. The Bertz CT molecular complexity index is 1360. The molecule has 31 heavy (non-hydrogen) atoms. The normalized spacial score (nSPS) is 12.6. The third kappa shape index (κ3) is 2.99. The molecule has 0 bridgehead atoms. The van der Waals surface area contributed by atoms with Crippen molar-refractivity contribution in [2.24, 2.45) is 0 Å². The van der Waals surface area contributed by atoms with Gasteiger partial charge in [-0.1, -0.05) is 54.6 Å². The molecule has 0 atom stereocenters. The Labute approximate surface area is 180 Å². The number of para-hydroxylation sites is 5. The van der Waals surface area contributed by atoms with Crippen molar-refractivity contribution in [3.63, 3.8) is 0 Å². The number of imidazole rings is 1. The first-order valence-electron chi connectivity index (χ1n) is 10.3. The molecule has 0 radical (unpaired) electrons. The van der Waals surface area contributed by atoms with Crippen LogP contribution in [0.25, 0.3) is 16.7 Å². The van der Waals surface area contributed by atoms with Crippen LogP contribution in [0.4, 0.5) is 17.1 Å². The minimum Gasteiger partial charge on any atom is -0.425 e. The molecule has 1 aromatic heterocycles. The highest BCUT2D eigenvalue weighted by Crippen LogP contribution is 2.41. The van der Waals surface area contributed by atoms with Crippen LogP contribution < -0.4 is 15.0 Å². The van der Waals surface area contributed by atoms with Crippen molar-refractivity contribution in [3.05, 3.63) is 103 Å². The Morgan fingerprint density at radius 1 is 0.710 bits per heavy atom. The van der Waals surface area contributed by atoms with Gasteiger partial charge in [-0.2, -0.15) is 4.98 Å². The summed E-state index contributed by atoms with van der Waals surface area (Å²) in [5.41, 5.74) is 6.22. The number of rotatable bonds is 4. The van der Waals surface area contributed by atoms with Crippen molar-refractivity contribution in [1.82, 2.24) is 9.55 Å². The van der Waals surface area contributed by atoms with Gasteiger partial charge in [0.2, 0.25) is 0 Å². The van der Waals surface area contributed by atoms with Gasteiger partial charge in [0, 0.05) is 0 Å². The molecule has 2 heterocycles. The van der Waals surface area contributed by atoms with Gasteiger partial charge in [-0.05, 0) is 48.5 Å². The van der Waals surface area contributed by atoms with E-state index in [9.17, 15) is 0 Å². The Balaban J connectivity index is 1.56. The van der Waals surface area contributed by atoms with Crippen molar-refractivity contribution in [2.45, 2.75) is 0 Å². The van der Waals surface area contributed by atoms with E-state index in [-0.39, 0.29) is 0 Å². The van der Waals surface area contributed by atoms with E-state index >= 15 is 0 Å². The zero-order chi connectivity index (χ0) is 20.6. The number of fused-ring (bicyclic) bond motifs is 2. The number of anilines is 3. The quantitative estimate of drug-likeness (QED) is 0.380. The second-order valence-corrected chi connectivity index (χ2v) is 7.41. The molecular weight excluding hydrogens is 384 g/mol. The third-order valence-corrected chi connectivity index (χ3v) is 5.51. The lowest BCUT2D eigenvalue weighted by Crippen LogP contribution is -2.16. The Morgan fingerprint density at radius 2 is 1.42 bits per heavy atom. The summed E-state index contributed by atoms with van der Waals surface area (Å²) < 4.78 is 8.32. The van der Waals surface area contributed by atoms with Crippen LogP contribution >= 0.6 is 0 Å². The maximum absolute atomic E-state index is 6.25. The van der Waals surface area contributed by atoms with Gasteiger partial charge in [0.1, 0.15) is 11.3 Å². The summed E-state index contributed by atoms with van der Waals surface area (Å²) in [6.07, 6.45) is 0. The molecule has 6 rings (SSSR count). The summed E-state index contributed by atoms with van der Waals surface area (Å²) >= 11 is 0. The number of nitrogens with one attached hydrogen (secondary N) is 1. The Morgan fingerprint density at radius 3 is 2.26 bits per heavy atom. The number of hydrogen-bond donors (Lipinski definition) is 1. The fourth-order valence-electron chi connectivity index (χ4n) is 4.09. The van der Waals surface area contributed by atoms with Crippen LogP contribution in [-0.2, 0) is 0 Å². The lowest BCUT2D eigenvalue weighted by molar-refractivity contribution is 0.437. The minimum atomic E-state index is 0.542. The molecule has 0 spiro atoms. The molecule has 5 aromatic rings. The molecular formula is C26H20N4O. The van der Waals surface area contributed by atoms with Gasteiger partial charge in [-0.3, -0.25) is 4.57 Å². The summed E-state index contributed by atoms with van der Waals surface area (Å²) in [7, 11) is 0. The molecule has 0 amide bonds. The van der Waals surface area contributed by atoms with Crippen LogP contribution in [0.1, 0.15) is 0 Å². The summed E-state index contributed by atoms with van der Waals surface area (Å²) in [5, 5.41) is 3.47. The summed E-state index contributed by atoms with van der Waals surface area (Å²) in [6, 6.07) is 35.1. The fourth-order valence-corrected chi connectivity index (χ4v) is 4.09. The lowest BCUT2D eigenvalue weighted by Gasteiger charge is -2.18. The lowest BCUT2D eigenvalue weighted by atomic mass is 10.2. The fraction of sp³-hybridized carbons (Fsp3) is 0.0385. The number of ether oxygens (including phenoxy) is 1. The highest BCUT2D eigenvalue weighted by atomic mass is 16.5. The maximum atomic E-state index is 6.25. The van der Waals surface area contributed by atoms with Crippen molar-refractivity contribution in [1.29, 1.82) is 0 Å². The van der Waals surface area contributed by atoms with Gasteiger partial charge in [-0.15, -0.1) is 0 Å². The van der Waals surface area contributed by atoms with E-state index in [1.807, 2.05) is 54.6 Å². The van der Waals surface area contributed by atoms with E-state index in [1.54, 1.807) is 0 Å². The van der Waals surface area contributed by atoms with Gasteiger partial charge in [0.25, 0.3) is 0 Å². The molecule has 1 N–H and O–H groups in total. The van der Waals surface area contributed by atoms with E-state index in [0.29, 0.717) is 12.7 Å². The second-order valence-electron chi connectivity index (χ2n) is 7.41. The first-order chi connectivity index (χ1) is 15.4. The van der Waals surface area contributed by atoms with E-state index in [4.69, 9.17) is 9.72 Å². The van der Waals surface area contributed by atoms with Crippen molar-refractivity contribution in [2.75, 3.05) is 16.9 Å². The zero-order valence-electron chi connectivity index (χ0n) is 16.8. The molecule has 4 aromatic carbocycles. The first-order valence-corrected chi connectivity index (χ1v) is 10.3. The molecule has 0 unspecified atom stereocenters. The summed E-state index contributed by atoms with van der Waals surface area (Å²) in [5.74, 6) is 0.754. The van der Waals surface area contributed by atoms with E-state index in [0.717, 1.165) is 39.5 Å². The predicted octanol–water partition coefficient (Wildman–Crippen LogP) is 6.34. The van der Waals surface area contributed by atoms with E-state index < -0.39 is 0 Å². The molecule has 0 aliphatic carbocycles. The van der Waals surface area contributed by atoms with Crippen LogP contribution in [0.5, 0.6) is 11.8 Å². The summed E-state index contributed by atoms with van der Waals surface area (Å²) in [4.78, 5) is 7.23. The van der Waals surface area contributed by atoms with Crippen LogP contribution in [-0.4, -0.2) is 16.2 Å². The standard InChI is InChI=1S/C26H20N4O/c1-3-10-19(11-4-1)30-24-17-9-16-23(29-18-27-21-14-7-8-15-22(21)29)25(24)28-26(30)31-20-12-5-2-6-13-20/h1-17,27H,18H2. The van der Waals surface area contributed by atoms with Crippen LogP contribution in [0, 0.1) is 0 Å². The van der Waals surface area contributed by atoms with Crippen molar-refractivity contribution in [3.8, 4) is 17.4 Å². The second kappa shape index (κ2) is 7.22. The minimum absolute atomic E-state index is 0.542. The van der Waals surface area contributed by atoms with Crippen LogP contribution in [0.15, 0.2) is 103 Å². The van der Waals surface area contributed by atoms with Gasteiger partial charge in [0.05, 0.1) is 34.9 Å². The predicted molar refractivity (Wildman–Crippen MR) is 125 cm³/mol. The molecule has 0 fully saturated rings. The number of benzene rings is 4. The average molecular weight is 404 g/mol. The van der Waals surface area contributed by atoms with Gasteiger partial charge in [0.15, 0.2) is 0 Å². The molecule has 0 saturated carbocycles. The monoisotopic (exact) mass is 404 g/mol. The molecule has 5 nitrogen and oxygen atoms in total. The van der Waals surface area contributed by atoms with Crippen molar-refractivity contribution >= 4 is 28.1 Å². The SMILES string of the molecule is c1ccc(Oc2nc3c(N4CNc5ccccc54)cccc3n2-c2ccccc2)cc1. The van der Waals surface area contributed by atoms with Gasteiger partial charge >= 0.3 is 6.01 Å². The number of hydrogen-bond acceptors (Lipinski definition) is 4. The first kappa shape index (κ1) is 17.6. The van der Waals surface area contributed by atoms with Crippen molar-refractivity contribution < 1.29 is 4.74 Å². The highest BCUT2D eigenvalue weighted by Gasteiger charge is 2.24. The molecule has 150 valence electrons. The molecule has 5 heteroatoms. The topological polar surface area (TPSA) is 42.3 Å². The van der Waals surface area contributed by atoms with Gasteiger partial charge < -0.3 is 15.0 Å².